The third kappa shape index (κ3) is 4.17. The molecule has 0 aliphatic carbocycles. The molecule has 2 aliphatic rings. The Hall–Kier alpha value is -2.87. The number of rotatable bonds is 3. The number of halogens is 3. The van der Waals surface area contributed by atoms with Crippen molar-refractivity contribution in [3.63, 3.8) is 0 Å². The highest BCUT2D eigenvalue weighted by Gasteiger charge is 2.46. The van der Waals surface area contributed by atoms with Crippen LogP contribution in [0.15, 0.2) is 42.5 Å². The van der Waals surface area contributed by atoms with E-state index in [-0.39, 0.29) is 18.2 Å². The number of aryl methyl sites for hydroxylation is 2. The molecule has 0 radical (unpaired) electrons. The molecule has 4 rings (SSSR count). The maximum absolute atomic E-state index is 13.1. The summed E-state index contributed by atoms with van der Waals surface area (Å²) in [6.07, 6.45) is -4.22. The maximum atomic E-state index is 13.1. The number of carbonyl (C=O) groups is 2. The van der Waals surface area contributed by atoms with Crippen molar-refractivity contribution < 1.29 is 27.7 Å². The van der Waals surface area contributed by atoms with Crippen LogP contribution in [0.4, 0.5) is 24.5 Å². The van der Waals surface area contributed by atoms with Gasteiger partial charge in [-0.25, -0.2) is 4.90 Å². The monoisotopic (exact) mass is 432 g/mol. The lowest BCUT2D eigenvalue weighted by Crippen LogP contribution is -3.19. The number of hydrogen-bond donors (Lipinski definition) is 1. The number of anilines is 2. The Kier molecular flexibility index (Phi) is 5.51. The number of nitrogens with one attached hydrogen (secondary N) is 1. The van der Waals surface area contributed by atoms with Crippen LogP contribution in [-0.2, 0) is 15.8 Å². The smallest absolute Gasteiger partial charge is 0.360 e. The lowest BCUT2D eigenvalue weighted by Gasteiger charge is -2.35. The zero-order chi connectivity index (χ0) is 22.3. The second kappa shape index (κ2) is 8.00. The quantitative estimate of drug-likeness (QED) is 0.758. The molecule has 31 heavy (non-hydrogen) atoms. The molecule has 0 aromatic heterocycles. The first-order valence-corrected chi connectivity index (χ1v) is 10.4. The number of piperazine rings is 1. The summed E-state index contributed by atoms with van der Waals surface area (Å²) in [4.78, 5) is 30.0. The van der Waals surface area contributed by atoms with Gasteiger partial charge in [0.05, 0.1) is 43.9 Å². The third-order valence-corrected chi connectivity index (χ3v) is 6.18. The Labute approximate surface area is 179 Å². The fourth-order valence-corrected chi connectivity index (χ4v) is 4.54. The number of carbonyl (C=O) groups excluding carboxylic acids is 2. The standard InChI is InChI=1S/C23H24F3N3O2/c1-15-6-7-19(16(2)12-15)29-21(30)14-20(22(29)31)28-10-8-27(9-11-28)18-5-3-4-17(13-18)23(24,25)26/h3-7,12-13,20H,8-11,14H2,1-2H3/p+1/t20-/m1/s1. The van der Waals surface area contributed by atoms with Gasteiger partial charge >= 0.3 is 6.18 Å². The second-order valence-corrected chi connectivity index (χ2v) is 8.31. The number of quaternary nitrogens is 1. The van der Waals surface area contributed by atoms with Gasteiger partial charge in [-0.2, -0.15) is 13.2 Å². The second-order valence-electron chi connectivity index (χ2n) is 8.31. The van der Waals surface area contributed by atoms with Crippen molar-refractivity contribution >= 4 is 23.2 Å². The predicted octanol–water partition coefficient (Wildman–Crippen LogP) is 2.36. The number of alkyl halides is 3. The van der Waals surface area contributed by atoms with Gasteiger partial charge in [0, 0.05) is 5.69 Å². The number of amides is 2. The molecule has 2 aromatic carbocycles. The van der Waals surface area contributed by atoms with Gasteiger partial charge in [-0.05, 0) is 43.7 Å². The number of nitrogens with zero attached hydrogens (tertiary/aromatic N) is 2. The van der Waals surface area contributed by atoms with Crippen molar-refractivity contribution in [2.45, 2.75) is 32.5 Å². The van der Waals surface area contributed by atoms with E-state index in [1.807, 2.05) is 36.9 Å². The van der Waals surface area contributed by atoms with Gasteiger partial charge in [0.1, 0.15) is 0 Å². The zero-order valence-electron chi connectivity index (χ0n) is 17.5. The van der Waals surface area contributed by atoms with Crippen LogP contribution in [-0.4, -0.2) is 44.0 Å². The van der Waals surface area contributed by atoms with E-state index in [0.29, 0.717) is 37.6 Å². The molecule has 1 N–H and O–H groups in total. The number of imide groups is 1. The molecule has 0 saturated carbocycles. The zero-order valence-corrected chi connectivity index (χ0v) is 17.5. The Bertz CT molecular complexity index is 1010. The minimum Gasteiger partial charge on any atom is -0.360 e. The summed E-state index contributed by atoms with van der Waals surface area (Å²) in [5.41, 5.74) is 2.44. The van der Waals surface area contributed by atoms with Gasteiger partial charge in [-0.3, -0.25) is 9.59 Å². The van der Waals surface area contributed by atoms with E-state index >= 15 is 0 Å². The third-order valence-electron chi connectivity index (χ3n) is 6.18. The highest BCUT2D eigenvalue weighted by atomic mass is 19.4. The summed E-state index contributed by atoms with van der Waals surface area (Å²) < 4.78 is 39.0. The van der Waals surface area contributed by atoms with E-state index < -0.39 is 17.8 Å². The molecule has 8 heteroatoms. The molecule has 2 aromatic rings. The Morgan fingerprint density at radius 2 is 1.71 bits per heavy atom. The van der Waals surface area contributed by atoms with Crippen molar-refractivity contribution in [1.82, 2.24) is 0 Å². The lowest BCUT2D eigenvalue weighted by molar-refractivity contribution is -0.915. The molecule has 2 heterocycles. The normalized spacial score (nSPS) is 20.6. The SMILES string of the molecule is Cc1ccc(N2C(=O)C[C@@H]([NH+]3CCN(c4cccc(C(F)(F)F)c4)CC3)C2=O)c(C)c1. The van der Waals surface area contributed by atoms with Gasteiger partial charge in [-0.1, -0.05) is 23.8 Å². The van der Waals surface area contributed by atoms with Gasteiger partial charge in [-0.15, -0.1) is 0 Å². The number of benzene rings is 2. The van der Waals surface area contributed by atoms with Crippen LogP contribution in [0, 0.1) is 13.8 Å². The molecule has 5 nitrogen and oxygen atoms in total. The lowest BCUT2D eigenvalue weighted by atomic mass is 10.1. The van der Waals surface area contributed by atoms with E-state index in [4.69, 9.17) is 0 Å². The maximum Gasteiger partial charge on any atom is 0.416 e. The van der Waals surface area contributed by atoms with Crippen LogP contribution in [0.25, 0.3) is 0 Å². The summed E-state index contributed by atoms with van der Waals surface area (Å²) in [6, 6.07) is 10.5. The molecule has 0 spiro atoms. The first-order chi connectivity index (χ1) is 14.6. The topological polar surface area (TPSA) is 45.1 Å². The van der Waals surface area contributed by atoms with Gasteiger partial charge in [0.15, 0.2) is 6.04 Å². The van der Waals surface area contributed by atoms with Crippen LogP contribution >= 0.6 is 0 Å². The first-order valence-electron chi connectivity index (χ1n) is 10.4. The summed E-state index contributed by atoms with van der Waals surface area (Å²) in [7, 11) is 0. The molecule has 164 valence electrons. The molecule has 0 bridgehead atoms. The molecule has 0 unspecified atom stereocenters. The fourth-order valence-electron chi connectivity index (χ4n) is 4.54. The van der Waals surface area contributed by atoms with Crippen molar-refractivity contribution in [2.24, 2.45) is 0 Å². The van der Waals surface area contributed by atoms with Crippen LogP contribution in [0.5, 0.6) is 0 Å². The summed E-state index contributed by atoms with van der Waals surface area (Å²) in [6.45, 7) is 6.07. The van der Waals surface area contributed by atoms with Crippen molar-refractivity contribution in [1.29, 1.82) is 0 Å². The summed E-state index contributed by atoms with van der Waals surface area (Å²) >= 11 is 0. The van der Waals surface area contributed by atoms with Crippen molar-refractivity contribution in [3.05, 3.63) is 59.2 Å². The largest absolute Gasteiger partial charge is 0.416 e. The minimum absolute atomic E-state index is 0.158. The molecule has 2 aliphatic heterocycles. The van der Waals surface area contributed by atoms with Crippen molar-refractivity contribution in [2.75, 3.05) is 36.0 Å². The van der Waals surface area contributed by atoms with Gasteiger partial charge in [0.2, 0.25) is 5.91 Å². The van der Waals surface area contributed by atoms with Gasteiger partial charge in [0.25, 0.3) is 5.91 Å². The Balaban J connectivity index is 1.45. The van der Waals surface area contributed by atoms with E-state index in [0.717, 1.165) is 28.2 Å². The molecule has 1 atom stereocenters. The van der Waals surface area contributed by atoms with Crippen LogP contribution in [0.3, 0.4) is 0 Å². The van der Waals surface area contributed by atoms with E-state index in [1.54, 1.807) is 6.07 Å². The first kappa shape index (κ1) is 21.4. The van der Waals surface area contributed by atoms with Crippen LogP contribution in [0.2, 0.25) is 0 Å². The Morgan fingerprint density at radius 3 is 2.35 bits per heavy atom. The van der Waals surface area contributed by atoms with E-state index in [1.165, 1.54) is 11.0 Å². The molecule has 2 saturated heterocycles. The van der Waals surface area contributed by atoms with Crippen LogP contribution in [0.1, 0.15) is 23.1 Å². The predicted molar refractivity (Wildman–Crippen MR) is 111 cm³/mol. The highest BCUT2D eigenvalue weighted by molar-refractivity contribution is 6.22. The minimum atomic E-state index is -4.38. The average molecular weight is 432 g/mol. The van der Waals surface area contributed by atoms with Crippen LogP contribution < -0.4 is 14.7 Å². The Morgan fingerprint density at radius 1 is 1.00 bits per heavy atom. The molecular formula is C23H25F3N3O2+. The number of hydrogen-bond acceptors (Lipinski definition) is 3. The van der Waals surface area contributed by atoms with Gasteiger partial charge < -0.3 is 9.80 Å². The molecule has 2 fully saturated rings. The van der Waals surface area contributed by atoms with E-state index in [9.17, 15) is 22.8 Å². The molecular weight excluding hydrogens is 407 g/mol. The van der Waals surface area contributed by atoms with E-state index in [2.05, 4.69) is 0 Å². The summed E-state index contributed by atoms with van der Waals surface area (Å²) in [5, 5.41) is 0. The highest BCUT2D eigenvalue weighted by Crippen LogP contribution is 2.32. The van der Waals surface area contributed by atoms with Crippen molar-refractivity contribution in [3.8, 4) is 0 Å². The fraction of sp³-hybridized carbons (Fsp3) is 0.391. The summed E-state index contributed by atoms with van der Waals surface area (Å²) in [5.74, 6) is -0.394. The average Bonchev–Trinajstić information content (AvgIpc) is 3.02. The molecule has 2 amide bonds.